The van der Waals surface area contributed by atoms with Crippen LogP contribution in [0.5, 0.6) is 0 Å². The van der Waals surface area contributed by atoms with E-state index in [0.717, 1.165) is 24.4 Å². The molecule has 1 fully saturated rings. The van der Waals surface area contributed by atoms with E-state index < -0.39 is 0 Å². The summed E-state index contributed by atoms with van der Waals surface area (Å²) >= 11 is 5.86. The molecule has 0 spiro atoms. The van der Waals surface area contributed by atoms with Crippen LogP contribution in [0.4, 0.5) is 0 Å². The molecule has 0 saturated carbocycles. The van der Waals surface area contributed by atoms with E-state index in [1.807, 2.05) is 24.3 Å². The lowest BCUT2D eigenvalue weighted by atomic mass is 10.1. The molecule has 25 heavy (non-hydrogen) atoms. The molecule has 1 aromatic heterocycles. The van der Waals surface area contributed by atoms with Crippen LogP contribution in [0.25, 0.3) is 6.08 Å². The van der Waals surface area contributed by atoms with Crippen molar-refractivity contribution in [2.45, 2.75) is 6.04 Å². The number of rotatable bonds is 6. The van der Waals surface area contributed by atoms with E-state index in [1.54, 1.807) is 24.5 Å². The van der Waals surface area contributed by atoms with Crippen LogP contribution in [0, 0.1) is 0 Å². The molecule has 1 saturated heterocycles. The van der Waals surface area contributed by atoms with E-state index in [0.29, 0.717) is 24.8 Å². The molecule has 2 aromatic rings. The highest BCUT2D eigenvalue weighted by Gasteiger charge is 2.24. The molecule has 132 valence electrons. The number of amides is 1. The molecule has 2 heterocycles. The highest BCUT2D eigenvalue weighted by atomic mass is 35.5. The van der Waals surface area contributed by atoms with Gasteiger partial charge in [0.2, 0.25) is 5.91 Å². The minimum Gasteiger partial charge on any atom is -0.468 e. The zero-order valence-electron chi connectivity index (χ0n) is 13.9. The van der Waals surface area contributed by atoms with Crippen molar-refractivity contribution in [3.05, 3.63) is 65.1 Å². The summed E-state index contributed by atoms with van der Waals surface area (Å²) in [6.07, 6.45) is 4.95. The maximum atomic E-state index is 12.1. The van der Waals surface area contributed by atoms with Crippen LogP contribution >= 0.6 is 11.6 Å². The van der Waals surface area contributed by atoms with E-state index in [4.69, 9.17) is 20.8 Å². The van der Waals surface area contributed by atoms with Crippen molar-refractivity contribution in [1.29, 1.82) is 0 Å². The molecular formula is C19H21ClN2O3. The highest BCUT2D eigenvalue weighted by Crippen LogP contribution is 2.21. The molecule has 5 nitrogen and oxygen atoms in total. The van der Waals surface area contributed by atoms with Gasteiger partial charge in [-0.05, 0) is 35.9 Å². The Morgan fingerprint density at radius 1 is 1.24 bits per heavy atom. The number of carbonyl (C=O) groups is 1. The lowest BCUT2D eigenvalue weighted by Crippen LogP contribution is -2.43. The second-order valence-corrected chi connectivity index (χ2v) is 6.25. The number of nitrogens with one attached hydrogen (secondary N) is 1. The van der Waals surface area contributed by atoms with Crippen molar-refractivity contribution in [2.24, 2.45) is 0 Å². The Morgan fingerprint density at radius 2 is 2.00 bits per heavy atom. The summed E-state index contributed by atoms with van der Waals surface area (Å²) in [7, 11) is 0. The van der Waals surface area contributed by atoms with Crippen molar-refractivity contribution in [3.8, 4) is 0 Å². The molecule has 6 heteroatoms. The molecule has 1 aromatic carbocycles. The van der Waals surface area contributed by atoms with Gasteiger partial charge in [-0.15, -0.1) is 0 Å². The summed E-state index contributed by atoms with van der Waals surface area (Å²) in [5.74, 6) is 0.712. The molecule has 0 radical (unpaired) electrons. The Bertz CT molecular complexity index is 692. The second-order valence-electron chi connectivity index (χ2n) is 5.81. The van der Waals surface area contributed by atoms with Gasteiger partial charge in [0, 0.05) is 30.7 Å². The molecule has 3 rings (SSSR count). The first-order valence-corrected chi connectivity index (χ1v) is 8.67. The average Bonchev–Trinajstić information content (AvgIpc) is 3.17. The molecule has 1 N–H and O–H groups in total. The summed E-state index contributed by atoms with van der Waals surface area (Å²) in [5, 5.41) is 3.63. The summed E-state index contributed by atoms with van der Waals surface area (Å²) in [6, 6.07) is 11.1. The van der Waals surface area contributed by atoms with Crippen LogP contribution in [-0.4, -0.2) is 43.7 Å². The van der Waals surface area contributed by atoms with Gasteiger partial charge < -0.3 is 14.5 Å². The maximum absolute atomic E-state index is 12.1. The minimum absolute atomic E-state index is 0.00628. The number of furan rings is 1. The van der Waals surface area contributed by atoms with Gasteiger partial charge in [-0.25, -0.2) is 0 Å². The monoisotopic (exact) mass is 360 g/mol. The molecule has 1 unspecified atom stereocenters. The summed E-state index contributed by atoms with van der Waals surface area (Å²) in [5.41, 5.74) is 0.926. The third-order valence-electron chi connectivity index (χ3n) is 4.12. The number of halogens is 1. The molecule has 1 aliphatic heterocycles. The second kappa shape index (κ2) is 8.85. The first-order valence-electron chi connectivity index (χ1n) is 8.29. The summed E-state index contributed by atoms with van der Waals surface area (Å²) < 4.78 is 11.0. The number of morpholine rings is 1. The van der Waals surface area contributed by atoms with Gasteiger partial charge in [0.15, 0.2) is 0 Å². The fourth-order valence-corrected chi connectivity index (χ4v) is 2.91. The Morgan fingerprint density at radius 3 is 2.68 bits per heavy atom. The lowest BCUT2D eigenvalue weighted by Gasteiger charge is -2.33. The third-order valence-corrected chi connectivity index (χ3v) is 4.38. The van der Waals surface area contributed by atoms with Crippen molar-refractivity contribution in [2.75, 3.05) is 32.8 Å². The largest absolute Gasteiger partial charge is 0.468 e. The fraction of sp³-hybridized carbons (Fsp3) is 0.316. The van der Waals surface area contributed by atoms with Crippen LogP contribution < -0.4 is 5.32 Å². The number of benzene rings is 1. The van der Waals surface area contributed by atoms with Crippen LogP contribution in [0.3, 0.4) is 0 Å². The molecular weight excluding hydrogens is 340 g/mol. The van der Waals surface area contributed by atoms with Gasteiger partial charge in [0.25, 0.3) is 0 Å². The van der Waals surface area contributed by atoms with Gasteiger partial charge in [-0.2, -0.15) is 0 Å². The lowest BCUT2D eigenvalue weighted by molar-refractivity contribution is -0.116. The minimum atomic E-state index is -0.139. The van der Waals surface area contributed by atoms with E-state index in [-0.39, 0.29) is 11.9 Å². The normalized spacial score (nSPS) is 16.8. The Hall–Kier alpha value is -2.08. The Balaban J connectivity index is 1.58. The zero-order chi connectivity index (χ0) is 17.5. The zero-order valence-corrected chi connectivity index (χ0v) is 14.6. The smallest absolute Gasteiger partial charge is 0.244 e. The van der Waals surface area contributed by atoms with Gasteiger partial charge in [-0.3, -0.25) is 9.69 Å². The number of hydrogen-bond donors (Lipinski definition) is 1. The number of nitrogens with zero attached hydrogens (tertiary/aromatic N) is 1. The van der Waals surface area contributed by atoms with Crippen LogP contribution in [0.2, 0.25) is 5.02 Å². The number of hydrogen-bond acceptors (Lipinski definition) is 4. The maximum Gasteiger partial charge on any atom is 0.244 e. The number of carbonyl (C=O) groups excluding carboxylic acids is 1. The van der Waals surface area contributed by atoms with E-state index in [2.05, 4.69) is 10.2 Å². The van der Waals surface area contributed by atoms with E-state index in [1.165, 1.54) is 6.08 Å². The summed E-state index contributed by atoms with van der Waals surface area (Å²) in [6.45, 7) is 3.52. The Labute approximate surface area is 152 Å². The fourth-order valence-electron chi connectivity index (χ4n) is 2.78. The standard InChI is InChI=1S/C19H21ClN2O3/c20-16-6-3-15(4-7-16)5-8-19(23)21-14-17(18-2-1-11-25-18)22-9-12-24-13-10-22/h1-8,11,17H,9-10,12-14H2,(H,21,23)/b8-5+. The molecule has 0 aliphatic carbocycles. The Kier molecular flexibility index (Phi) is 6.28. The van der Waals surface area contributed by atoms with Crippen molar-refractivity contribution in [3.63, 3.8) is 0 Å². The predicted molar refractivity (Wildman–Crippen MR) is 97.3 cm³/mol. The van der Waals surface area contributed by atoms with Crippen molar-refractivity contribution >= 4 is 23.6 Å². The van der Waals surface area contributed by atoms with Crippen LogP contribution in [-0.2, 0) is 9.53 Å². The van der Waals surface area contributed by atoms with E-state index >= 15 is 0 Å². The summed E-state index contributed by atoms with van der Waals surface area (Å²) in [4.78, 5) is 14.4. The van der Waals surface area contributed by atoms with Gasteiger partial charge in [-0.1, -0.05) is 23.7 Å². The van der Waals surface area contributed by atoms with Gasteiger partial charge in [0.1, 0.15) is 5.76 Å². The molecule has 1 aliphatic rings. The van der Waals surface area contributed by atoms with Crippen molar-refractivity contribution in [1.82, 2.24) is 10.2 Å². The topological polar surface area (TPSA) is 54.7 Å². The molecule has 1 atom stereocenters. The predicted octanol–water partition coefficient (Wildman–Crippen LogP) is 3.14. The van der Waals surface area contributed by atoms with Crippen LogP contribution in [0.1, 0.15) is 17.4 Å². The van der Waals surface area contributed by atoms with Gasteiger partial charge >= 0.3 is 0 Å². The molecule has 0 bridgehead atoms. The average molecular weight is 361 g/mol. The third kappa shape index (κ3) is 5.19. The highest BCUT2D eigenvalue weighted by molar-refractivity contribution is 6.30. The quantitative estimate of drug-likeness (QED) is 0.804. The number of ether oxygens (including phenoxy) is 1. The van der Waals surface area contributed by atoms with Crippen LogP contribution in [0.15, 0.2) is 53.2 Å². The van der Waals surface area contributed by atoms with Gasteiger partial charge in [0.05, 0.1) is 25.5 Å². The SMILES string of the molecule is O=C(/C=C/c1ccc(Cl)cc1)NCC(c1ccco1)N1CCOCC1. The first-order chi connectivity index (χ1) is 12.2. The van der Waals surface area contributed by atoms with Crippen molar-refractivity contribution < 1.29 is 13.9 Å². The first kappa shape index (κ1) is 17.7. The molecule has 1 amide bonds. The van der Waals surface area contributed by atoms with E-state index in [9.17, 15) is 4.79 Å².